The largest absolute Gasteiger partial charge is 0.389 e. The number of aliphatic hydroxyl groups excluding tert-OH is 2. The van der Waals surface area contributed by atoms with Crippen molar-refractivity contribution in [1.29, 1.82) is 0 Å². The van der Waals surface area contributed by atoms with E-state index in [2.05, 4.69) is 5.32 Å². The van der Waals surface area contributed by atoms with Crippen molar-refractivity contribution in [3.8, 4) is 0 Å². The van der Waals surface area contributed by atoms with E-state index in [-0.39, 0.29) is 5.91 Å². The SMILES string of the molecule is CC(O)C=CC(O)CCC=CC(=O)NCC(C)C. The Hall–Kier alpha value is -1.13. The lowest BCUT2D eigenvalue weighted by Gasteiger charge is -2.05. The minimum absolute atomic E-state index is 0.0993. The fourth-order valence-electron chi connectivity index (χ4n) is 1.21. The molecule has 0 aliphatic rings. The molecule has 18 heavy (non-hydrogen) atoms. The predicted octanol–water partition coefficient (Wildman–Crippen LogP) is 1.39. The Morgan fingerprint density at radius 1 is 1.22 bits per heavy atom. The predicted molar refractivity (Wildman–Crippen MR) is 73.0 cm³/mol. The molecule has 104 valence electrons. The molecular weight excluding hydrogens is 230 g/mol. The van der Waals surface area contributed by atoms with Crippen molar-refractivity contribution in [3.63, 3.8) is 0 Å². The highest BCUT2D eigenvalue weighted by atomic mass is 16.3. The van der Waals surface area contributed by atoms with Gasteiger partial charge in [-0.05, 0) is 31.8 Å². The van der Waals surface area contributed by atoms with Crippen LogP contribution in [0.3, 0.4) is 0 Å². The lowest BCUT2D eigenvalue weighted by molar-refractivity contribution is -0.116. The first-order chi connectivity index (χ1) is 8.41. The molecule has 3 N–H and O–H groups in total. The Balaban J connectivity index is 3.73. The molecule has 0 aromatic rings. The maximum absolute atomic E-state index is 11.3. The highest BCUT2D eigenvalue weighted by Crippen LogP contribution is 2.00. The first-order valence-corrected chi connectivity index (χ1v) is 6.40. The summed E-state index contributed by atoms with van der Waals surface area (Å²) in [6.07, 6.45) is 6.39. The van der Waals surface area contributed by atoms with Crippen LogP contribution in [0.15, 0.2) is 24.3 Å². The summed E-state index contributed by atoms with van der Waals surface area (Å²) in [6.45, 7) is 6.37. The quantitative estimate of drug-likeness (QED) is 0.453. The number of nitrogens with one attached hydrogen (secondary N) is 1. The average Bonchev–Trinajstić information content (AvgIpc) is 2.29. The lowest BCUT2D eigenvalue weighted by atomic mass is 10.1. The van der Waals surface area contributed by atoms with E-state index in [9.17, 15) is 9.90 Å². The van der Waals surface area contributed by atoms with Gasteiger partial charge in [-0.25, -0.2) is 0 Å². The zero-order chi connectivity index (χ0) is 14.0. The highest BCUT2D eigenvalue weighted by Gasteiger charge is 1.99. The number of amides is 1. The van der Waals surface area contributed by atoms with E-state index in [1.54, 1.807) is 25.2 Å². The molecule has 0 aromatic heterocycles. The lowest BCUT2D eigenvalue weighted by Crippen LogP contribution is -2.25. The van der Waals surface area contributed by atoms with Gasteiger partial charge in [0.05, 0.1) is 12.2 Å². The molecule has 0 bridgehead atoms. The van der Waals surface area contributed by atoms with Crippen LogP contribution >= 0.6 is 0 Å². The van der Waals surface area contributed by atoms with Gasteiger partial charge in [-0.1, -0.05) is 32.1 Å². The minimum Gasteiger partial charge on any atom is -0.389 e. The molecule has 2 unspecified atom stereocenters. The third-order valence-electron chi connectivity index (χ3n) is 2.19. The molecular formula is C14H25NO3. The van der Waals surface area contributed by atoms with Crippen LogP contribution in [0, 0.1) is 5.92 Å². The Bertz CT molecular complexity index is 283. The second kappa shape index (κ2) is 9.85. The fraction of sp³-hybridized carbons (Fsp3) is 0.643. The third kappa shape index (κ3) is 11.4. The number of hydrogen-bond donors (Lipinski definition) is 3. The number of allylic oxidation sites excluding steroid dienone is 1. The van der Waals surface area contributed by atoms with Gasteiger partial charge >= 0.3 is 0 Å². The molecule has 0 fully saturated rings. The molecule has 2 atom stereocenters. The van der Waals surface area contributed by atoms with Gasteiger partial charge in [0.2, 0.25) is 5.91 Å². The van der Waals surface area contributed by atoms with E-state index in [0.717, 1.165) is 0 Å². The Morgan fingerprint density at radius 2 is 1.89 bits per heavy atom. The van der Waals surface area contributed by atoms with Crippen molar-refractivity contribution < 1.29 is 15.0 Å². The van der Waals surface area contributed by atoms with Crippen molar-refractivity contribution in [1.82, 2.24) is 5.32 Å². The zero-order valence-corrected chi connectivity index (χ0v) is 11.5. The summed E-state index contributed by atoms with van der Waals surface area (Å²) in [5, 5.41) is 21.3. The van der Waals surface area contributed by atoms with Crippen molar-refractivity contribution in [2.24, 2.45) is 5.92 Å². The van der Waals surface area contributed by atoms with E-state index in [1.165, 1.54) is 6.08 Å². The number of carbonyl (C=O) groups is 1. The third-order valence-corrected chi connectivity index (χ3v) is 2.19. The summed E-state index contributed by atoms with van der Waals surface area (Å²) >= 11 is 0. The molecule has 4 heteroatoms. The van der Waals surface area contributed by atoms with Crippen LogP contribution in [0.2, 0.25) is 0 Å². The molecule has 0 heterocycles. The number of rotatable bonds is 8. The van der Waals surface area contributed by atoms with Crippen LogP contribution < -0.4 is 5.32 Å². The van der Waals surface area contributed by atoms with Gasteiger partial charge < -0.3 is 15.5 Å². The summed E-state index contributed by atoms with van der Waals surface area (Å²) in [4.78, 5) is 11.3. The summed E-state index contributed by atoms with van der Waals surface area (Å²) < 4.78 is 0. The maximum atomic E-state index is 11.3. The summed E-state index contributed by atoms with van der Waals surface area (Å²) in [6, 6.07) is 0. The van der Waals surface area contributed by atoms with Crippen molar-refractivity contribution in [3.05, 3.63) is 24.3 Å². The molecule has 0 spiro atoms. The molecule has 0 aliphatic carbocycles. The van der Waals surface area contributed by atoms with E-state index in [1.807, 2.05) is 13.8 Å². The van der Waals surface area contributed by atoms with Crippen molar-refractivity contribution in [2.45, 2.75) is 45.8 Å². The van der Waals surface area contributed by atoms with Crippen LogP contribution in [0.4, 0.5) is 0 Å². The first-order valence-electron chi connectivity index (χ1n) is 6.40. The summed E-state index contributed by atoms with van der Waals surface area (Å²) in [5.74, 6) is 0.340. The van der Waals surface area contributed by atoms with Crippen molar-refractivity contribution in [2.75, 3.05) is 6.54 Å². The van der Waals surface area contributed by atoms with Gasteiger partial charge in [-0.2, -0.15) is 0 Å². The Labute approximate surface area is 109 Å². The molecule has 4 nitrogen and oxygen atoms in total. The molecule has 0 aromatic carbocycles. The second-order valence-corrected chi connectivity index (χ2v) is 4.81. The fourth-order valence-corrected chi connectivity index (χ4v) is 1.21. The smallest absolute Gasteiger partial charge is 0.243 e. The van der Waals surface area contributed by atoms with Gasteiger partial charge in [0, 0.05) is 6.54 Å². The average molecular weight is 255 g/mol. The number of aliphatic hydroxyl groups is 2. The van der Waals surface area contributed by atoms with Gasteiger partial charge in [0.25, 0.3) is 0 Å². The molecule has 0 saturated heterocycles. The Kier molecular flexibility index (Phi) is 9.24. The van der Waals surface area contributed by atoms with Gasteiger partial charge in [0.15, 0.2) is 0 Å². The van der Waals surface area contributed by atoms with Crippen LogP contribution in [0.25, 0.3) is 0 Å². The van der Waals surface area contributed by atoms with Crippen LogP contribution in [0.5, 0.6) is 0 Å². The van der Waals surface area contributed by atoms with Crippen molar-refractivity contribution >= 4 is 5.91 Å². The standard InChI is InChI=1S/C14H25NO3/c1-11(2)10-15-14(18)7-5-4-6-13(17)9-8-12(3)16/h5,7-9,11-13,16-17H,4,6,10H2,1-3H3,(H,15,18). The Morgan fingerprint density at radius 3 is 2.44 bits per heavy atom. The van der Waals surface area contributed by atoms with Crippen LogP contribution in [-0.4, -0.2) is 34.9 Å². The second-order valence-electron chi connectivity index (χ2n) is 4.81. The maximum Gasteiger partial charge on any atom is 0.243 e. The first kappa shape index (κ1) is 16.9. The summed E-state index contributed by atoms with van der Waals surface area (Å²) in [7, 11) is 0. The van der Waals surface area contributed by atoms with Gasteiger partial charge in [0.1, 0.15) is 0 Å². The molecule has 0 saturated carbocycles. The zero-order valence-electron chi connectivity index (χ0n) is 11.5. The molecule has 0 rings (SSSR count). The molecule has 1 amide bonds. The van der Waals surface area contributed by atoms with Gasteiger partial charge in [-0.3, -0.25) is 4.79 Å². The van der Waals surface area contributed by atoms with E-state index in [0.29, 0.717) is 25.3 Å². The van der Waals surface area contributed by atoms with E-state index in [4.69, 9.17) is 5.11 Å². The summed E-state index contributed by atoms with van der Waals surface area (Å²) in [5.41, 5.74) is 0. The van der Waals surface area contributed by atoms with Crippen LogP contribution in [0.1, 0.15) is 33.6 Å². The number of hydrogen-bond acceptors (Lipinski definition) is 3. The van der Waals surface area contributed by atoms with Crippen LogP contribution in [-0.2, 0) is 4.79 Å². The normalized spacial score (nSPS) is 15.4. The van der Waals surface area contributed by atoms with E-state index < -0.39 is 12.2 Å². The molecule has 0 aliphatic heterocycles. The minimum atomic E-state index is -0.581. The van der Waals surface area contributed by atoms with Gasteiger partial charge in [-0.15, -0.1) is 0 Å². The monoisotopic (exact) mass is 255 g/mol. The topological polar surface area (TPSA) is 69.6 Å². The van der Waals surface area contributed by atoms with E-state index >= 15 is 0 Å². The number of carbonyl (C=O) groups excluding carboxylic acids is 1. The highest BCUT2D eigenvalue weighted by molar-refractivity contribution is 5.87. The molecule has 0 radical (unpaired) electrons.